The molecule has 220 valence electrons. The highest BCUT2D eigenvalue weighted by Crippen LogP contribution is 2.35. The zero-order valence-electron chi connectivity index (χ0n) is 23.3. The van der Waals surface area contributed by atoms with Gasteiger partial charge in [-0.25, -0.2) is 23.8 Å². The lowest BCUT2D eigenvalue weighted by Gasteiger charge is -2.20. The number of H-pyrrole nitrogens is 1. The molecule has 1 heterocycles. The van der Waals surface area contributed by atoms with Gasteiger partial charge in [0.25, 0.3) is 11.8 Å². The highest BCUT2D eigenvalue weighted by Gasteiger charge is 2.28. The largest absolute Gasteiger partial charge is 0.472 e. The van der Waals surface area contributed by atoms with Crippen LogP contribution in [-0.2, 0) is 13.8 Å². The highest BCUT2D eigenvalue weighted by atomic mass is 31.2. The molecule has 0 aliphatic carbocycles. The summed E-state index contributed by atoms with van der Waals surface area (Å²) in [6.07, 6.45) is 1.16. The van der Waals surface area contributed by atoms with Crippen molar-refractivity contribution in [2.45, 2.75) is 53.6 Å². The number of aromatic amines is 1. The number of aryl methyl sites for hydroxylation is 1. The van der Waals surface area contributed by atoms with Crippen LogP contribution in [0.4, 0.5) is 10.5 Å². The number of hydrogen-bond donors (Lipinski definition) is 6. The Bertz CT molecular complexity index is 1290. The lowest BCUT2D eigenvalue weighted by Crippen LogP contribution is -2.58. The van der Waals surface area contributed by atoms with Crippen molar-refractivity contribution in [3.63, 3.8) is 0 Å². The molecule has 1 unspecified atom stereocenters. The Morgan fingerprint density at radius 2 is 1.90 bits per heavy atom. The van der Waals surface area contributed by atoms with Crippen molar-refractivity contribution in [3.05, 3.63) is 52.3 Å². The number of amidine groups is 1. The number of hydrogen-bond acceptors (Lipinski definition) is 7. The van der Waals surface area contributed by atoms with Gasteiger partial charge in [-0.1, -0.05) is 19.9 Å². The fourth-order valence-corrected chi connectivity index (χ4v) is 3.77. The first kappa shape index (κ1) is 32.7. The van der Waals surface area contributed by atoms with Crippen molar-refractivity contribution in [2.75, 3.05) is 25.2 Å². The molecule has 2 rings (SSSR count). The molecule has 0 radical (unpaired) electrons. The van der Waals surface area contributed by atoms with E-state index in [1.165, 1.54) is 6.20 Å². The first-order valence-corrected chi connectivity index (χ1v) is 14.3. The third-order valence-corrected chi connectivity index (χ3v) is 6.00. The molecule has 0 aliphatic heterocycles. The summed E-state index contributed by atoms with van der Waals surface area (Å²) in [7, 11) is -4.86. The molecule has 14 nitrogen and oxygen atoms in total. The van der Waals surface area contributed by atoms with Gasteiger partial charge in [-0.15, -0.1) is 0 Å². The van der Waals surface area contributed by atoms with E-state index in [0.717, 1.165) is 16.9 Å². The standard InChI is InChI=1S/C25H37N6O8P/c1-6-10-27-23(32)18-9-8-15(3)20(12-18)30-22(29-17(5)26)21-16(4)19(13-28-21)24(33)31(11-7-2)25(34)38-14-39-40(35,36)37/h8-9,12-13,17,28H,6-7,10-11,14,26H2,1-5H3,(H,27,32)(H,29,30)(H2,35,36,37)/p+1. The number of carbonyl (C=O) groups is 3. The minimum Gasteiger partial charge on any atom is -0.421 e. The van der Waals surface area contributed by atoms with Gasteiger partial charge in [0.15, 0.2) is 12.0 Å². The van der Waals surface area contributed by atoms with Crippen molar-refractivity contribution in [3.8, 4) is 0 Å². The summed E-state index contributed by atoms with van der Waals surface area (Å²) in [5.41, 5.74) is 6.99. The Kier molecular flexibility index (Phi) is 12.0. The number of nitrogens with zero attached hydrogens (tertiary/aromatic N) is 2. The number of ether oxygens (including phenoxy) is 1. The fraction of sp³-hybridized carbons (Fsp3) is 0.440. The summed E-state index contributed by atoms with van der Waals surface area (Å²) < 4.78 is 19.7. The van der Waals surface area contributed by atoms with Crippen LogP contribution in [0.15, 0.2) is 29.4 Å². The van der Waals surface area contributed by atoms with Crippen LogP contribution in [0.25, 0.3) is 0 Å². The molecule has 40 heavy (non-hydrogen) atoms. The van der Waals surface area contributed by atoms with E-state index < -0.39 is 26.6 Å². The molecule has 0 saturated heterocycles. The third kappa shape index (κ3) is 9.28. The summed E-state index contributed by atoms with van der Waals surface area (Å²) in [4.78, 5) is 64.4. The zero-order chi connectivity index (χ0) is 30.0. The van der Waals surface area contributed by atoms with Gasteiger partial charge >= 0.3 is 13.9 Å². The number of carbonyl (C=O) groups excluding carboxylic acids is 3. The minimum absolute atomic E-state index is 0.00523. The summed E-state index contributed by atoms with van der Waals surface area (Å²) in [5, 5.41) is 6.10. The number of aromatic nitrogens is 1. The Balaban J connectivity index is 2.37. The molecule has 2 aromatic rings. The van der Waals surface area contributed by atoms with Crippen LogP contribution >= 0.6 is 7.82 Å². The second-order valence-electron chi connectivity index (χ2n) is 9.04. The van der Waals surface area contributed by atoms with Crippen LogP contribution < -0.4 is 16.4 Å². The topological polar surface area (TPSA) is 210 Å². The Hall–Kier alpha value is -3.55. The number of rotatable bonds is 12. The maximum absolute atomic E-state index is 13.3. The normalized spacial score (nSPS) is 12.6. The highest BCUT2D eigenvalue weighted by molar-refractivity contribution is 7.46. The second-order valence-corrected chi connectivity index (χ2v) is 10.3. The van der Waals surface area contributed by atoms with Gasteiger partial charge in [0.2, 0.25) is 6.79 Å². The van der Waals surface area contributed by atoms with E-state index in [0.29, 0.717) is 41.3 Å². The van der Waals surface area contributed by atoms with Gasteiger partial charge < -0.3 is 35.9 Å². The van der Waals surface area contributed by atoms with Gasteiger partial charge in [0.05, 0.1) is 11.3 Å². The molecular weight excluding hydrogens is 543 g/mol. The van der Waals surface area contributed by atoms with Crippen LogP contribution in [0.3, 0.4) is 0 Å². The fourth-order valence-electron chi connectivity index (χ4n) is 3.58. The van der Waals surface area contributed by atoms with E-state index in [2.05, 4.69) is 30.9 Å². The Labute approximate surface area is 232 Å². The minimum atomic E-state index is -4.86. The number of aliphatic imine (C=N–C) groups is 1. The summed E-state index contributed by atoms with van der Waals surface area (Å²) in [5.74, 6) is -0.518. The summed E-state index contributed by atoms with van der Waals surface area (Å²) in [6.45, 7) is 8.58. The number of quaternary nitrogens is 1. The van der Waals surface area contributed by atoms with Crippen LogP contribution in [0, 0.1) is 13.8 Å². The lowest BCUT2D eigenvalue weighted by molar-refractivity contribution is -0.410. The average molecular weight is 582 g/mol. The van der Waals surface area contributed by atoms with Gasteiger partial charge in [-0.2, -0.15) is 0 Å². The van der Waals surface area contributed by atoms with E-state index in [9.17, 15) is 18.9 Å². The first-order chi connectivity index (χ1) is 18.8. The molecular formula is C25H38N6O8P+. The van der Waals surface area contributed by atoms with Gasteiger partial charge in [0, 0.05) is 37.5 Å². The SMILES string of the molecule is CCCNC(=O)c1ccc(C)c(N/C(=N/C(C)[NH3+])c2[nH]cc(C(=O)N(CCC)C(=O)OCOP(=O)(O)O)c2C)c1. The quantitative estimate of drug-likeness (QED) is 0.0938. The van der Waals surface area contributed by atoms with Crippen LogP contribution in [0.2, 0.25) is 0 Å². The number of phosphoric ester groups is 1. The summed E-state index contributed by atoms with van der Waals surface area (Å²) in [6, 6.07) is 5.26. The lowest BCUT2D eigenvalue weighted by atomic mass is 10.1. The molecule has 1 atom stereocenters. The van der Waals surface area contributed by atoms with E-state index in [1.54, 1.807) is 32.9 Å². The van der Waals surface area contributed by atoms with Crippen LogP contribution in [0.5, 0.6) is 0 Å². The van der Waals surface area contributed by atoms with Crippen LogP contribution in [0.1, 0.15) is 71.1 Å². The molecule has 0 aliphatic rings. The molecule has 8 N–H and O–H groups in total. The number of anilines is 1. The van der Waals surface area contributed by atoms with E-state index in [4.69, 9.17) is 14.5 Å². The van der Waals surface area contributed by atoms with Crippen LogP contribution in [-0.4, -0.2) is 69.5 Å². The molecule has 0 bridgehead atoms. The average Bonchev–Trinajstić information content (AvgIpc) is 3.26. The van der Waals surface area contributed by atoms with Crippen molar-refractivity contribution < 1.29 is 43.7 Å². The zero-order valence-corrected chi connectivity index (χ0v) is 24.2. The number of nitrogens with one attached hydrogen (secondary N) is 3. The number of phosphoric acid groups is 1. The molecule has 15 heteroatoms. The summed E-state index contributed by atoms with van der Waals surface area (Å²) >= 11 is 0. The maximum atomic E-state index is 13.3. The Morgan fingerprint density at radius 1 is 1.20 bits per heavy atom. The van der Waals surface area contributed by atoms with Crippen molar-refractivity contribution in [1.29, 1.82) is 0 Å². The molecule has 0 saturated carbocycles. The van der Waals surface area contributed by atoms with E-state index in [-0.39, 0.29) is 24.2 Å². The molecule has 3 amide bonds. The van der Waals surface area contributed by atoms with Gasteiger partial charge in [-0.05, 0) is 49.9 Å². The molecule has 1 aromatic heterocycles. The first-order valence-electron chi connectivity index (χ1n) is 12.7. The second kappa shape index (κ2) is 14.7. The van der Waals surface area contributed by atoms with Gasteiger partial charge in [0.1, 0.15) is 0 Å². The van der Waals surface area contributed by atoms with E-state index >= 15 is 0 Å². The van der Waals surface area contributed by atoms with Gasteiger partial charge in [-0.3, -0.25) is 9.59 Å². The molecule has 0 fully saturated rings. The third-order valence-electron chi connectivity index (χ3n) is 5.56. The van der Waals surface area contributed by atoms with Crippen molar-refractivity contribution in [2.24, 2.45) is 4.99 Å². The predicted octanol–water partition coefficient (Wildman–Crippen LogP) is 2.27. The number of amides is 3. The van der Waals surface area contributed by atoms with Crippen molar-refractivity contribution >= 4 is 37.3 Å². The van der Waals surface area contributed by atoms with Crippen molar-refractivity contribution in [1.82, 2.24) is 15.2 Å². The molecule has 1 aromatic carbocycles. The smallest absolute Gasteiger partial charge is 0.421 e. The Morgan fingerprint density at radius 3 is 2.50 bits per heavy atom. The molecule has 0 spiro atoms. The monoisotopic (exact) mass is 581 g/mol. The van der Waals surface area contributed by atoms with E-state index in [1.807, 2.05) is 19.9 Å². The number of imide groups is 1. The maximum Gasteiger partial charge on any atom is 0.472 e. The number of benzene rings is 1. The predicted molar refractivity (Wildman–Crippen MR) is 148 cm³/mol.